The van der Waals surface area contributed by atoms with Gasteiger partial charge in [-0.05, 0) is 13.3 Å². The van der Waals surface area contributed by atoms with Crippen molar-refractivity contribution in [3.8, 4) is 0 Å². The van der Waals surface area contributed by atoms with Gasteiger partial charge in [-0.25, -0.2) is 9.97 Å². The number of nitrogens with one attached hydrogen (secondary N) is 2. The van der Waals surface area contributed by atoms with Crippen LogP contribution >= 0.6 is 0 Å². The first-order valence-corrected chi connectivity index (χ1v) is 7.49. The molecule has 0 fully saturated rings. The molecule has 112 valence electrons. The van der Waals surface area contributed by atoms with Crippen LogP contribution in [0, 0.1) is 0 Å². The molecule has 0 aliphatic heterocycles. The first-order chi connectivity index (χ1) is 9.60. The predicted molar refractivity (Wildman–Crippen MR) is 82.1 cm³/mol. The summed E-state index contributed by atoms with van der Waals surface area (Å²) >= 11 is 0. The first kappa shape index (κ1) is 16.4. The van der Waals surface area contributed by atoms with E-state index in [1.807, 2.05) is 20.8 Å². The van der Waals surface area contributed by atoms with Gasteiger partial charge in [-0.1, -0.05) is 33.6 Å². The topological polar surface area (TPSA) is 66.9 Å². The van der Waals surface area contributed by atoms with Crippen molar-refractivity contribution >= 4 is 11.6 Å². The van der Waals surface area contributed by atoms with Gasteiger partial charge in [0.25, 0.3) is 5.91 Å². The Morgan fingerprint density at radius 3 is 2.65 bits per heavy atom. The Morgan fingerprint density at radius 2 is 2.05 bits per heavy atom. The van der Waals surface area contributed by atoms with Gasteiger partial charge >= 0.3 is 0 Å². The molecule has 0 atom stereocenters. The summed E-state index contributed by atoms with van der Waals surface area (Å²) < 4.78 is 0. The quantitative estimate of drug-likeness (QED) is 0.717. The van der Waals surface area contributed by atoms with Crippen LogP contribution in [-0.2, 0) is 0 Å². The average Bonchev–Trinajstić information content (AvgIpc) is 2.44. The Balaban J connectivity index is 2.82. The van der Waals surface area contributed by atoms with Crippen molar-refractivity contribution in [3.63, 3.8) is 0 Å². The van der Waals surface area contributed by atoms with Crippen LogP contribution in [0.3, 0.4) is 0 Å². The number of amides is 1. The number of aromatic nitrogens is 2. The smallest absolute Gasteiger partial charge is 0.272 e. The lowest BCUT2D eigenvalue weighted by atomic mass is 10.2. The molecule has 1 heterocycles. The minimum absolute atomic E-state index is 0.124. The van der Waals surface area contributed by atoms with Gasteiger partial charge in [0.15, 0.2) is 5.69 Å². The molecular weight excluding hydrogens is 252 g/mol. The highest BCUT2D eigenvalue weighted by molar-refractivity contribution is 5.97. The minimum Gasteiger partial charge on any atom is -0.382 e. The van der Waals surface area contributed by atoms with Gasteiger partial charge in [0, 0.05) is 19.0 Å². The molecule has 0 aliphatic carbocycles. The average molecular weight is 278 g/mol. The molecular formula is C15H26N4O. The summed E-state index contributed by atoms with van der Waals surface area (Å²) in [5, 5.41) is 6.07. The van der Waals surface area contributed by atoms with Crippen molar-refractivity contribution in [2.24, 2.45) is 0 Å². The summed E-state index contributed by atoms with van der Waals surface area (Å²) in [5.74, 6) is 0.782. The van der Waals surface area contributed by atoms with Crippen LogP contribution in [0.4, 0.5) is 5.69 Å². The van der Waals surface area contributed by atoms with Crippen LogP contribution in [0.15, 0.2) is 6.20 Å². The van der Waals surface area contributed by atoms with Crippen LogP contribution in [0.1, 0.15) is 69.2 Å². The summed E-state index contributed by atoms with van der Waals surface area (Å²) in [6.07, 6.45) is 4.97. The molecule has 0 aromatic carbocycles. The summed E-state index contributed by atoms with van der Waals surface area (Å²) in [4.78, 5) is 20.9. The van der Waals surface area contributed by atoms with Crippen molar-refractivity contribution in [3.05, 3.63) is 17.7 Å². The fourth-order valence-corrected chi connectivity index (χ4v) is 1.83. The van der Waals surface area contributed by atoms with E-state index >= 15 is 0 Å². The zero-order chi connectivity index (χ0) is 15.0. The highest BCUT2D eigenvalue weighted by Crippen LogP contribution is 2.16. The van der Waals surface area contributed by atoms with Gasteiger partial charge in [-0.2, -0.15) is 0 Å². The second-order valence-corrected chi connectivity index (χ2v) is 5.14. The van der Waals surface area contributed by atoms with Crippen molar-refractivity contribution in [2.75, 3.05) is 18.4 Å². The number of unbranched alkanes of at least 4 members (excludes halogenated alkanes) is 2. The van der Waals surface area contributed by atoms with E-state index in [1.54, 1.807) is 6.20 Å². The lowest BCUT2D eigenvalue weighted by Crippen LogP contribution is -2.27. The second-order valence-electron chi connectivity index (χ2n) is 5.14. The Kier molecular flexibility index (Phi) is 6.98. The molecule has 0 unspecified atom stereocenters. The van der Waals surface area contributed by atoms with E-state index in [-0.39, 0.29) is 11.8 Å². The zero-order valence-corrected chi connectivity index (χ0v) is 13.0. The third-order valence-electron chi connectivity index (χ3n) is 2.97. The van der Waals surface area contributed by atoms with Crippen molar-refractivity contribution in [2.45, 2.75) is 52.9 Å². The molecule has 1 rings (SSSR count). The number of nitrogens with zero attached hydrogens (tertiary/aromatic N) is 2. The van der Waals surface area contributed by atoms with Gasteiger partial charge in [0.1, 0.15) is 5.82 Å². The van der Waals surface area contributed by atoms with Crippen LogP contribution in [0.5, 0.6) is 0 Å². The van der Waals surface area contributed by atoms with Gasteiger partial charge in [0.2, 0.25) is 0 Å². The lowest BCUT2D eigenvalue weighted by Gasteiger charge is -2.12. The van der Waals surface area contributed by atoms with E-state index in [4.69, 9.17) is 0 Å². The Labute approximate surface area is 121 Å². The maximum Gasteiger partial charge on any atom is 0.272 e. The summed E-state index contributed by atoms with van der Waals surface area (Å²) in [7, 11) is 0. The third-order valence-corrected chi connectivity index (χ3v) is 2.97. The minimum atomic E-state index is -0.124. The van der Waals surface area contributed by atoms with E-state index in [0.717, 1.165) is 25.8 Å². The maximum atomic E-state index is 12.2. The van der Waals surface area contributed by atoms with Gasteiger partial charge in [-0.3, -0.25) is 4.79 Å². The maximum absolute atomic E-state index is 12.2. The fraction of sp³-hybridized carbons (Fsp3) is 0.667. The molecule has 0 bridgehead atoms. The largest absolute Gasteiger partial charge is 0.382 e. The van der Waals surface area contributed by atoms with Gasteiger partial charge in [0.05, 0.1) is 11.9 Å². The van der Waals surface area contributed by atoms with E-state index in [0.29, 0.717) is 23.8 Å². The fourth-order valence-electron chi connectivity index (χ4n) is 1.83. The highest BCUT2D eigenvalue weighted by atomic mass is 16.1. The molecule has 1 aromatic rings. The molecule has 0 saturated carbocycles. The molecule has 1 amide bonds. The Morgan fingerprint density at radius 1 is 1.30 bits per heavy atom. The predicted octanol–water partition coefficient (Wildman–Crippen LogP) is 2.95. The lowest BCUT2D eigenvalue weighted by molar-refractivity contribution is 0.0948. The van der Waals surface area contributed by atoms with Crippen LogP contribution in [0.2, 0.25) is 0 Å². The number of hydrogen-bond acceptors (Lipinski definition) is 4. The van der Waals surface area contributed by atoms with Gasteiger partial charge in [-0.15, -0.1) is 0 Å². The normalized spacial score (nSPS) is 10.7. The second kappa shape index (κ2) is 8.51. The number of anilines is 1. The molecule has 5 nitrogen and oxygen atoms in total. The number of rotatable bonds is 8. The van der Waals surface area contributed by atoms with E-state index in [2.05, 4.69) is 27.5 Å². The van der Waals surface area contributed by atoms with E-state index < -0.39 is 0 Å². The molecule has 20 heavy (non-hydrogen) atoms. The van der Waals surface area contributed by atoms with E-state index in [9.17, 15) is 4.79 Å². The van der Waals surface area contributed by atoms with Crippen molar-refractivity contribution in [1.82, 2.24) is 15.3 Å². The van der Waals surface area contributed by atoms with E-state index in [1.165, 1.54) is 0 Å². The van der Waals surface area contributed by atoms with Crippen molar-refractivity contribution < 1.29 is 4.79 Å². The molecule has 5 heteroatoms. The van der Waals surface area contributed by atoms with Crippen molar-refractivity contribution in [1.29, 1.82) is 0 Å². The molecule has 1 aromatic heterocycles. The molecule has 0 spiro atoms. The number of carbonyl (C=O) groups is 1. The SMILES string of the molecule is CCCCCNC(=O)c1nc(C(C)C)ncc1NCC. The molecule has 2 N–H and O–H groups in total. The number of hydrogen-bond donors (Lipinski definition) is 2. The summed E-state index contributed by atoms with van der Waals surface area (Å²) in [5.41, 5.74) is 1.15. The summed E-state index contributed by atoms with van der Waals surface area (Å²) in [6.45, 7) is 9.60. The van der Waals surface area contributed by atoms with Crippen LogP contribution < -0.4 is 10.6 Å². The summed E-state index contributed by atoms with van der Waals surface area (Å²) in [6, 6.07) is 0. The highest BCUT2D eigenvalue weighted by Gasteiger charge is 2.15. The van der Waals surface area contributed by atoms with Gasteiger partial charge < -0.3 is 10.6 Å². The Bertz CT molecular complexity index is 432. The molecule has 0 saturated heterocycles. The monoisotopic (exact) mass is 278 g/mol. The zero-order valence-electron chi connectivity index (χ0n) is 13.0. The third kappa shape index (κ3) is 4.79. The van der Waals surface area contributed by atoms with Crippen LogP contribution in [-0.4, -0.2) is 29.0 Å². The number of carbonyl (C=O) groups excluding carboxylic acids is 1. The van der Waals surface area contributed by atoms with Crippen LogP contribution in [0.25, 0.3) is 0 Å². The molecule has 0 radical (unpaired) electrons. The molecule has 0 aliphatic rings. The first-order valence-electron chi connectivity index (χ1n) is 7.49. The standard InChI is InChI=1S/C15H26N4O/c1-5-7-8-9-17-15(20)13-12(16-6-2)10-18-14(19-13)11(3)4/h10-11,16H,5-9H2,1-4H3,(H,17,20). The Hall–Kier alpha value is -1.65.